The standard InChI is InChI=1S/C6H12N3O4P/c10-6(3-14(11,12)13)1-2-9-5-7-4-8-9/h4-6,10H,1-3H2,(H2,11,12,13). The van der Waals surface area contributed by atoms with E-state index < -0.39 is 19.9 Å². The Labute approximate surface area is 80.6 Å². The van der Waals surface area contributed by atoms with Crippen molar-refractivity contribution >= 4 is 7.60 Å². The summed E-state index contributed by atoms with van der Waals surface area (Å²) < 4.78 is 12.0. The average molecular weight is 221 g/mol. The molecule has 1 heterocycles. The highest BCUT2D eigenvalue weighted by Gasteiger charge is 2.19. The lowest BCUT2D eigenvalue weighted by Gasteiger charge is -2.10. The molecule has 80 valence electrons. The van der Waals surface area contributed by atoms with Crippen molar-refractivity contribution in [1.82, 2.24) is 14.8 Å². The van der Waals surface area contributed by atoms with E-state index >= 15 is 0 Å². The van der Waals surface area contributed by atoms with E-state index in [1.165, 1.54) is 17.3 Å². The molecule has 0 aliphatic rings. The summed E-state index contributed by atoms with van der Waals surface area (Å²) in [6.07, 6.45) is 1.55. The normalized spacial score (nSPS) is 14.2. The quantitative estimate of drug-likeness (QED) is 0.562. The van der Waals surface area contributed by atoms with Crippen LogP contribution in [0, 0.1) is 0 Å². The Morgan fingerprint density at radius 1 is 1.50 bits per heavy atom. The molecule has 14 heavy (non-hydrogen) atoms. The van der Waals surface area contributed by atoms with Gasteiger partial charge < -0.3 is 14.9 Å². The van der Waals surface area contributed by atoms with E-state index in [-0.39, 0.29) is 6.42 Å². The maximum atomic E-state index is 10.5. The lowest BCUT2D eigenvalue weighted by atomic mass is 10.3. The fraction of sp³-hybridized carbons (Fsp3) is 0.667. The Bertz CT molecular complexity index is 309. The number of aryl methyl sites for hydroxylation is 1. The first-order valence-corrected chi connectivity index (χ1v) is 5.82. The number of hydrogen-bond acceptors (Lipinski definition) is 4. The van der Waals surface area contributed by atoms with Crippen LogP contribution in [0.5, 0.6) is 0 Å². The minimum Gasteiger partial charge on any atom is -0.392 e. The third kappa shape index (κ3) is 4.48. The number of nitrogens with zero attached hydrogens (tertiary/aromatic N) is 3. The highest BCUT2D eigenvalue weighted by atomic mass is 31.2. The highest BCUT2D eigenvalue weighted by molar-refractivity contribution is 7.51. The largest absolute Gasteiger partial charge is 0.392 e. The second-order valence-electron chi connectivity index (χ2n) is 2.95. The zero-order valence-electron chi connectivity index (χ0n) is 7.39. The molecule has 0 saturated carbocycles. The average Bonchev–Trinajstić information content (AvgIpc) is 2.49. The van der Waals surface area contributed by atoms with E-state index in [2.05, 4.69) is 10.1 Å². The molecule has 8 heteroatoms. The summed E-state index contributed by atoms with van der Waals surface area (Å²) in [5, 5.41) is 13.0. The lowest BCUT2D eigenvalue weighted by molar-refractivity contribution is 0.171. The van der Waals surface area contributed by atoms with E-state index in [4.69, 9.17) is 9.79 Å². The third-order valence-corrected chi connectivity index (χ3v) is 2.50. The van der Waals surface area contributed by atoms with E-state index in [1.54, 1.807) is 0 Å². The Balaban J connectivity index is 2.28. The van der Waals surface area contributed by atoms with Gasteiger partial charge in [0.2, 0.25) is 0 Å². The first kappa shape index (κ1) is 11.3. The molecule has 1 aromatic rings. The summed E-state index contributed by atoms with van der Waals surface area (Å²) in [7, 11) is -4.12. The van der Waals surface area contributed by atoms with Crippen molar-refractivity contribution in [1.29, 1.82) is 0 Å². The molecule has 0 fully saturated rings. The first-order chi connectivity index (χ1) is 6.47. The Morgan fingerprint density at radius 3 is 2.71 bits per heavy atom. The van der Waals surface area contributed by atoms with Gasteiger partial charge in [0.05, 0.1) is 12.3 Å². The lowest BCUT2D eigenvalue weighted by Crippen LogP contribution is -2.16. The van der Waals surface area contributed by atoms with E-state index in [1.807, 2.05) is 0 Å². The number of aliphatic hydroxyl groups excluding tert-OH is 1. The smallest absolute Gasteiger partial charge is 0.328 e. The number of aliphatic hydroxyl groups is 1. The topological polar surface area (TPSA) is 108 Å². The molecule has 1 atom stereocenters. The summed E-state index contributed by atoms with van der Waals surface area (Å²) >= 11 is 0. The van der Waals surface area contributed by atoms with Crippen molar-refractivity contribution in [2.75, 3.05) is 6.16 Å². The van der Waals surface area contributed by atoms with Crippen LogP contribution in [0.1, 0.15) is 6.42 Å². The Hall–Kier alpha value is -0.750. The Kier molecular flexibility index (Phi) is 3.77. The van der Waals surface area contributed by atoms with Gasteiger partial charge in [-0.25, -0.2) is 4.98 Å². The van der Waals surface area contributed by atoms with E-state index in [9.17, 15) is 9.67 Å². The summed E-state index contributed by atoms with van der Waals surface area (Å²) in [6.45, 7) is 0.390. The molecule has 1 aromatic heterocycles. The van der Waals surface area contributed by atoms with Crippen LogP contribution in [-0.2, 0) is 11.1 Å². The number of aromatic nitrogens is 3. The minimum absolute atomic E-state index is 0.245. The SMILES string of the molecule is O=P(O)(O)CC(O)CCn1cncn1. The van der Waals surface area contributed by atoms with Crippen LogP contribution in [0.2, 0.25) is 0 Å². The van der Waals surface area contributed by atoms with Gasteiger partial charge in [-0.05, 0) is 6.42 Å². The minimum atomic E-state index is -4.12. The van der Waals surface area contributed by atoms with Gasteiger partial charge in [-0.2, -0.15) is 5.10 Å². The van der Waals surface area contributed by atoms with Gasteiger partial charge in [0.15, 0.2) is 0 Å². The van der Waals surface area contributed by atoms with Crippen molar-refractivity contribution in [2.24, 2.45) is 0 Å². The van der Waals surface area contributed by atoms with Crippen LogP contribution in [-0.4, -0.2) is 41.9 Å². The van der Waals surface area contributed by atoms with E-state index in [0.717, 1.165) is 0 Å². The monoisotopic (exact) mass is 221 g/mol. The highest BCUT2D eigenvalue weighted by Crippen LogP contribution is 2.35. The van der Waals surface area contributed by atoms with Crippen LogP contribution in [0.4, 0.5) is 0 Å². The summed E-state index contributed by atoms with van der Waals surface area (Å²) in [5.74, 6) is 0. The maximum absolute atomic E-state index is 10.5. The fourth-order valence-electron chi connectivity index (χ4n) is 0.995. The predicted molar refractivity (Wildman–Crippen MR) is 47.6 cm³/mol. The van der Waals surface area contributed by atoms with Crippen LogP contribution in [0.15, 0.2) is 12.7 Å². The zero-order chi connectivity index (χ0) is 10.6. The van der Waals surface area contributed by atoms with Crippen LogP contribution in [0.3, 0.4) is 0 Å². The second-order valence-corrected chi connectivity index (χ2v) is 4.64. The summed E-state index contributed by atoms with van der Waals surface area (Å²) in [6, 6.07) is 0. The van der Waals surface area contributed by atoms with Crippen molar-refractivity contribution in [3.63, 3.8) is 0 Å². The predicted octanol–water partition coefficient (Wildman–Crippen LogP) is -0.793. The molecule has 3 N–H and O–H groups in total. The number of rotatable bonds is 5. The van der Waals surface area contributed by atoms with Crippen molar-refractivity contribution in [3.8, 4) is 0 Å². The number of hydrogen-bond donors (Lipinski definition) is 3. The van der Waals surface area contributed by atoms with Gasteiger partial charge in [0.25, 0.3) is 0 Å². The molecule has 0 spiro atoms. The van der Waals surface area contributed by atoms with Crippen LogP contribution < -0.4 is 0 Å². The van der Waals surface area contributed by atoms with E-state index in [0.29, 0.717) is 6.54 Å². The van der Waals surface area contributed by atoms with Gasteiger partial charge in [0.1, 0.15) is 12.7 Å². The molecule has 7 nitrogen and oxygen atoms in total. The molecule has 0 radical (unpaired) electrons. The molecule has 0 aliphatic heterocycles. The summed E-state index contributed by atoms with van der Waals surface area (Å²) in [4.78, 5) is 20.8. The van der Waals surface area contributed by atoms with Crippen LogP contribution >= 0.6 is 7.60 Å². The van der Waals surface area contributed by atoms with Gasteiger partial charge in [0, 0.05) is 6.54 Å². The van der Waals surface area contributed by atoms with Gasteiger partial charge >= 0.3 is 7.60 Å². The molecular weight excluding hydrogens is 209 g/mol. The molecule has 1 rings (SSSR count). The Morgan fingerprint density at radius 2 is 2.21 bits per heavy atom. The molecule has 0 aliphatic carbocycles. The molecular formula is C6H12N3O4P. The fourth-order valence-corrected chi connectivity index (χ4v) is 1.73. The molecule has 0 bridgehead atoms. The van der Waals surface area contributed by atoms with Crippen molar-refractivity contribution < 1.29 is 19.5 Å². The maximum Gasteiger partial charge on any atom is 0.328 e. The summed E-state index contributed by atoms with van der Waals surface area (Å²) in [5.41, 5.74) is 0. The second kappa shape index (κ2) is 4.65. The van der Waals surface area contributed by atoms with Gasteiger partial charge in [-0.3, -0.25) is 9.25 Å². The van der Waals surface area contributed by atoms with Gasteiger partial charge in [-0.15, -0.1) is 0 Å². The third-order valence-electron chi connectivity index (χ3n) is 1.61. The zero-order valence-corrected chi connectivity index (χ0v) is 8.29. The molecule has 0 amide bonds. The molecule has 0 saturated heterocycles. The van der Waals surface area contributed by atoms with Crippen molar-refractivity contribution in [3.05, 3.63) is 12.7 Å². The van der Waals surface area contributed by atoms with Gasteiger partial charge in [-0.1, -0.05) is 0 Å². The molecule has 0 aromatic carbocycles. The van der Waals surface area contributed by atoms with Crippen LogP contribution in [0.25, 0.3) is 0 Å². The van der Waals surface area contributed by atoms with Crippen molar-refractivity contribution in [2.45, 2.75) is 19.1 Å². The molecule has 1 unspecified atom stereocenters. The first-order valence-electron chi connectivity index (χ1n) is 4.02.